The van der Waals surface area contributed by atoms with E-state index in [-0.39, 0.29) is 0 Å². The molecule has 0 nitrogen and oxygen atoms in total. The third-order valence-corrected chi connectivity index (χ3v) is 3.02. The van der Waals surface area contributed by atoms with Gasteiger partial charge in [0.25, 0.3) is 0 Å². The zero-order valence-electron chi connectivity index (χ0n) is 12.7. The fourth-order valence-electron chi connectivity index (χ4n) is 1.96. The van der Waals surface area contributed by atoms with Gasteiger partial charge in [0.2, 0.25) is 0 Å². The van der Waals surface area contributed by atoms with Crippen molar-refractivity contribution in [2.45, 2.75) is 27.2 Å². The number of hydrogen-bond acceptors (Lipinski definition) is 0. The Morgan fingerprint density at radius 3 is 2.55 bits per heavy atom. The van der Waals surface area contributed by atoms with Gasteiger partial charge in [-0.05, 0) is 43.0 Å². The van der Waals surface area contributed by atoms with Crippen LogP contribution in [0.15, 0.2) is 72.4 Å². The lowest BCUT2D eigenvalue weighted by molar-refractivity contribution is 1.13. The molecule has 102 valence electrons. The van der Waals surface area contributed by atoms with Crippen molar-refractivity contribution in [2.75, 3.05) is 0 Å². The molecular formula is C20H22. The third-order valence-electron chi connectivity index (χ3n) is 3.02. The summed E-state index contributed by atoms with van der Waals surface area (Å²) in [6.07, 6.45) is 6.80. The van der Waals surface area contributed by atoms with Crippen molar-refractivity contribution in [3.63, 3.8) is 0 Å². The van der Waals surface area contributed by atoms with Gasteiger partial charge in [-0.2, -0.15) is 0 Å². The van der Waals surface area contributed by atoms with Gasteiger partial charge in [0.05, 0.1) is 0 Å². The molecule has 0 radical (unpaired) electrons. The Morgan fingerprint density at radius 1 is 1.30 bits per heavy atom. The van der Waals surface area contributed by atoms with Crippen molar-refractivity contribution >= 4 is 0 Å². The van der Waals surface area contributed by atoms with Crippen molar-refractivity contribution in [1.82, 2.24) is 0 Å². The lowest BCUT2D eigenvalue weighted by Crippen LogP contribution is -1.88. The van der Waals surface area contributed by atoms with Gasteiger partial charge in [-0.25, -0.2) is 0 Å². The molecule has 0 aromatic heterocycles. The zero-order chi connectivity index (χ0) is 15.0. The molecule has 0 aliphatic carbocycles. The molecule has 0 heterocycles. The van der Waals surface area contributed by atoms with Gasteiger partial charge in [0.1, 0.15) is 0 Å². The highest BCUT2D eigenvalue weighted by Crippen LogP contribution is 2.15. The SMILES string of the molecule is C=C/C(C(=C)C)=C(\C#Cc1ccccc1CC)C=CC. The molecule has 0 unspecified atom stereocenters. The average Bonchev–Trinajstić information content (AvgIpc) is 2.45. The van der Waals surface area contributed by atoms with Gasteiger partial charge in [-0.1, -0.05) is 68.3 Å². The van der Waals surface area contributed by atoms with Gasteiger partial charge in [-0.3, -0.25) is 0 Å². The number of rotatable bonds is 4. The first kappa shape index (κ1) is 15.8. The van der Waals surface area contributed by atoms with E-state index in [4.69, 9.17) is 0 Å². The summed E-state index contributed by atoms with van der Waals surface area (Å²) in [5, 5.41) is 0. The van der Waals surface area contributed by atoms with Crippen molar-refractivity contribution in [3.05, 3.63) is 83.5 Å². The molecule has 0 aliphatic heterocycles. The molecule has 1 aromatic carbocycles. The number of benzene rings is 1. The first-order valence-electron chi connectivity index (χ1n) is 6.89. The molecule has 1 aromatic rings. The second-order valence-electron chi connectivity index (χ2n) is 4.57. The van der Waals surface area contributed by atoms with Crippen LogP contribution in [-0.2, 0) is 6.42 Å². The molecule has 0 N–H and O–H groups in total. The van der Waals surface area contributed by atoms with Crippen molar-refractivity contribution in [3.8, 4) is 11.8 Å². The lowest BCUT2D eigenvalue weighted by atomic mass is 10.0. The second kappa shape index (κ2) is 8.02. The molecule has 0 saturated heterocycles. The summed E-state index contributed by atoms with van der Waals surface area (Å²) in [7, 11) is 0. The summed E-state index contributed by atoms with van der Waals surface area (Å²) in [5.41, 5.74) is 5.30. The van der Waals surface area contributed by atoms with Crippen LogP contribution in [0.2, 0.25) is 0 Å². The maximum absolute atomic E-state index is 3.99. The highest BCUT2D eigenvalue weighted by atomic mass is 14.0. The maximum Gasteiger partial charge on any atom is 0.0320 e. The molecule has 0 fully saturated rings. The van der Waals surface area contributed by atoms with Crippen LogP contribution in [0.25, 0.3) is 0 Å². The number of hydrogen-bond donors (Lipinski definition) is 0. The Labute approximate surface area is 123 Å². The maximum atomic E-state index is 3.99. The first-order valence-corrected chi connectivity index (χ1v) is 6.89. The molecule has 0 amide bonds. The Bertz CT molecular complexity index is 613. The molecular weight excluding hydrogens is 240 g/mol. The molecule has 1 rings (SSSR count). The second-order valence-corrected chi connectivity index (χ2v) is 4.57. The van der Waals surface area contributed by atoms with Crippen molar-refractivity contribution in [1.29, 1.82) is 0 Å². The number of allylic oxidation sites excluding steroid dienone is 6. The molecule has 0 heteroatoms. The van der Waals surface area contributed by atoms with E-state index in [9.17, 15) is 0 Å². The van der Waals surface area contributed by atoms with E-state index in [0.29, 0.717) is 0 Å². The Morgan fingerprint density at radius 2 is 2.00 bits per heavy atom. The smallest absolute Gasteiger partial charge is 0.0320 e. The summed E-state index contributed by atoms with van der Waals surface area (Å²) >= 11 is 0. The Hall–Kier alpha value is -2.26. The van der Waals surface area contributed by atoms with Crippen LogP contribution >= 0.6 is 0 Å². The Kier molecular flexibility index (Phi) is 6.33. The quantitative estimate of drug-likeness (QED) is 0.514. The van der Waals surface area contributed by atoms with E-state index in [1.807, 2.05) is 38.1 Å². The van der Waals surface area contributed by atoms with Crippen LogP contribution in [-0.4, -0.2) is 0 Å². The fraction of sp³-hybridized carbons (Fsp3) is 0.200. The summed E-state index contributed by atoms with van der Waals surface area (Å²) in [6.45, 7) is 13.9. The molecule has 0 spiro atoms. The molecule has 0 bridgehead atoms. The normalized spacial score (nSPS) is 11.6. The molecule has 0 saturated carbocycles. The highest BCUT2D eigenvalue weighted by Gasteiger charge is 2.00. The molecule has 0 atom stereocenters. The lowest BCUT2D eigenvalue weighted by Gasteiger charge is -2.03. The van der Waals surface area contributed by atoms with Gasteiger partial charge in [0, 0.05) is 11.1 Å². The van der Waals surface area contributed by atoms with Gasteiger partial charge in [-0.15, -0.1) is 0 Å². The predicted octanol–water partition coefficient (Wildman–Crippen LogP) is 5.24. The minimum absolute atomic E-state index is 0.959. The van der Waals surface area contributed by atoms with Crippen LogP contribution in [0.3, 0.4) is 0 Å². The monoisotopic (exact) mass is 262 g/mol. The summed E-state index contributed by atoms with van der Waals surface area (Å²) in [4.78, 5) is 0. The van der Waals surface area contributed by atoms with Crippen LogP contribution in [0.1, 0.15) is 31.9 Å². The van der Waals surface area contributed by atoms with Gasteiger partial charge >= 0.3 is 0 Å². The van der Waals surface area contributed by atoms with E-state index >= 15 is 0 Å². The zero-order valence-corrected chi connectivity index (χ0v) is 12.7. The minimum atomic E-state index is 0.959. The van der Waals surface area contributed by atoms with E-state index < -0.39 is 0 Å². The fourth-order valence-corrected chi connectivity index (χ4v) is 1.96. The summed E-state index contributed by atoms with van der Waals surface area (Å²) in [6, 6.07) is 8.26. The van der Waals surface area contributed by atoms with E-state index in [1.165, 1.54) is 5.56 Å². The summed E-state index contributed by atoms with van der Waals surface area (Å²) < 4.78 is 0. The standard InChI is InChI=1S/C20H22/c1-6-11-19(20(8-3)16(4)5)15-14-18-13-10-9-12-17(18)7-2/h6,8-13H,3-4,7H2,1-2,5H3/b11-6?,20-19+. The van der Waals surface area contributed by atoms with E-state index in [1.54, 1.807) is 0 Å². The largest absolute Gasteiger partial charge is 0.0984 e. The van der Waals surface area contributed by atoms with Crippen molar-refractivity contribution < 1.29 is 0 Å². The van der Waals surface area contributed by atoms with Crippen LogP contribution in [0.4, 0.5) is 0 Å². The average molecular weight is 262 g/mol. The summed E-state index contributed by atoms with van der Waals surface area (Å²) in [5.74, 6) is 6.53. The third kappa shape index (κ3) is 4.14. The number of aryl methyl sites for hydroxylation is 1. The van der Waals surface area contributed by atoms with Gasteiger partial charge in [0.15, 0.2) is 0 Å². The topological polar surface area (TPSA) is 0 Å². The minimum Gasteiger partial charge on any atom is -0.0984 e. The highest BCUT2D eigenvalue weighted by molar-refractivity contribution is 5.55. The Balaban J connectivity index is 3.32. The molecule has 20 heavy (non-hydrogen) atoms. The van der Waals surface area contributed by atoms with Crippen molar-refractivity contribution in [2.24, 2.45) is 0 Å². The van der Waals surface area contributed by atoms with Gasteiger partial charge < -0.3 is 0 Å². The molecule has 0 aliphatic rings. The first-order chi connectivity index (χ1) is 9.63. The van der Waals surface area contributed by atoms with Crippen LogP contribution in [0.5, 0.6) is 0 Å². The van der Waals surface area contributed by atoms with E-state index in [2.05, 4.69) is 50.1 Å². The van der Waals surface area contributed by atoms with Crippen LogP contribution in [0, 0.1) is 11.8 Å². The predicted molar refractivity (Wildman–Crippen MR) is 89.5 cm³/mol. The van der Waals surface area contributed by atoms with Crippen LogP contribution < -0.4 is 0 Å². The van der Waals surface area contributed by atoms with E-state index in [0.717, 1.165) is 28.7 Å².